The molecule has 6 nitrogen and oxygen atoms in total. The first-order chi connectivity index (χ1) is 8.74. The zero-order valence-electron chi connectivity index (χ0n) is 10.7. The molecule has 1 aromatic rings. The van der Waals surface area contributed by atoms with Gasteiger partial charge in [-0.2, -0.15) is 11.8 Å². The Balaban J connectivity index is 2.27. The van der Waals surface area contributed by atoms with Crippen molar-refractivity contribution in [2.75, 3.05) is 37.6 Å². The van der Waals surface area contributed by atoms with E-state index in [-0.39, 0.29) is 6.04 Å². The van der Waals surface area contributed by atoms with E-state index in [0.29, 0.717) is 12.4 Å². The van der Waals surface area contributed by atoms with Crippen LogP contribution in [0, 0.1) is 0 Å². The number of nitrogens with two attached hydrogens (primary N) is 1. The summed E-state index contributed by atoms with van der Waals surface area (Å²) in [4.78, 5) is 11.3. The van der Waals surface area contributed by atoms with Crippen molar-refractivity contribution in [1.82, 2.24) is 14.9 Å². The molecule has 0 amide bonds. The Morgan fingerprint density at radius 3 is 3.11 bits per heavy atom. The number of nitrogens with one attached hydrogen (secondary N) is 1. The molecule has 18 heavy (non-hydrogen) atoms. The first-order valence-electron chi connectivity index (χ1n) is 5.86. The van der Waals surface area contributed by atoms with Crippen LogP contribution in [0.2, 0.25) is 0 Å². The van der Waals surface area contributed by atoms with Crippen molar-refractivity contribution in [2.24, 2.45) is 5.84 Å². The predicted octanol–water partition coefficient (Wildman–Crippen LogP) is 0.628. The number of methoxy groups -OCH3 is 1. The normalized spacial score (nSPS) is 20.9. The van der Waals surface area contributed by atoms with Gasteiger partial charge in [0.1, 0.15) is 11.6 Å². The van der Waals surface area contributed by atoms with E-state index in [0.717, 1.165) is 29.6 Å². The quantitative estimate of drug-likeness (QED) is 0.613. The molecule has 2 heterocycles. The molecule has 100 valence electrons. The fourth-order valence-corrected chi connectivity index (χ4v) is 3.13. The largest absolute Gasteiger partial charge is 0.378 e. The number of hydrogen-bond acceptors (Lipinski definition) is 7. The van der Waals surface area contributed by atoms with Crippen LogP contribution in [-0.2, 0) is 11.3 Å². The van der Waals surface area contributed by atoms with Crippen molar-refractivity contribution < 1.29 is 4.74 Å². The van der Waals surface area contributed by atoms with Crippen LogP contribution in [0.15, 0.2) is 6.07 Å². The SMILES string of the molecule is COCc1cc(NN)nc(C2CSCCN2C)n1. The standard InChI is InChI=1S/C11H19N5OS/c1-16-3-4-18-7-9(16)11-13-8(6-17-2)5-10(14-11)15-12/h5,9H,3-4,6-7,12H2,1-2H3,(H,13,14,15). The topological polar surface area (TPSA) is 76.3 Å². The van der Waals surface area contributed by atoms with Crippen LogP contribution in [0.5, 0.6) is 0 Å². The summed E-state index contributed by atoms with van der Waals surface area (Å²) in [5.41, 5.74) is 3.43. The van der Waals surface area contributed by atoms with Crippen LogP contribution in [0.3, 0.4) is 0 Å². The molecular formula is C11H19N5OS. The van der Waals surface area contributed by atoms with Crippen LogP contribution in [0.4, 0.5) is 5.82 Å². The molecule has 1 atom stereocenters. The summed E-state index contributed by atoms with van der Waals surface area (Å²) in [5.74, 6) is 9.07. The molecule has 1 unspecified atom stereocenters. The minimum atomic E-state index is 0.243. The Morgan fingerprint density at radius 2 is 2.44 bits per heavy atom. The van der Waals surface area contributed by atoms with Crippen molar-refractivity contribution >= 4 is 17.6 Å². The van der Waals surface area contributed by atoms with Gasteiger partial charge in [-0.15, -0.1) is 0 Å². The third kappa shape index (κ3) is 3.11. The van der Waals surface area contributed by atoms with Crippen molar-refractivity contribution in [3.63, 3.8) is 0 Å². The minimum absolute atomic E-state index is 0.243. The average Bonchev–Trinajstić information content (AvgIpc) is 2.39. The molecule has 1 aliphatic rings. The Kier molecular flexibility index (Phi) is 4.76. The first-order valence-corrected chi connectivity index (χ1v) is 7.01. The van der Waals surface area contributed by atoms with E-state index in [1.165, 1.54) is 0 Å². The van der Waals surface area contributed by atoms with Gasteiger partial charge in [0.2, 0.25) is 0 Å². The van der Waals surface area contributed by atoms with Gasteiger partial charge in [0, 0.05) is 31.2 Å². The monoisotopic (exact) mass is 269 g/mol. The van der Waals surface area contributed by atoms with E-state index in [9.17, 15) is 0 Å². The summed E-state index contributed by atoms with van der Waals surface area (Å²) in [5, 5.41) is 0. The maximum absolute atomic E-state index is 5.45. The highest BCUT2D eigenvalue weighted by molar-refractivity contribution is 7.99. The fraction of sp³-hybridized carbons (Fsp3) is 0.636. The van der Waals surface area contributed by atoms with Gasteiger partial charge in [-0.25, -0.2) is 15.8 Å². The lowest BCUT2D eigenvalue weighted by atomic mass is 10.2. The Bertz CT molecular complexity index is 403. The van der Waals surface area contributed by atoms with E-state index in [2.05, 4.69) is 27.3 Å². The molecule has 0 radical (unpaired) electrons. The average molecular weight is 269 g/mol. The van der Waals surface area contributed by atoms with Crippen LogP contribution >= 0.6 is 11.8 Å². The van der Waals surface area contributed by atoms with Gasteiger partial charge in [0.05, 0.1) is 18.3 Å². The number of hydrazine groups is 1. The van der Waals surface area contributed by atoms with Crippen molar-refractivity contribution in [3.8, 4) is 0 Å². The molecule has 0 spiro atoms. The third-order valence-corrected chi connectivity index (χ3v) is 3.95. The molecule has 2 rings (SSSR count). The lowest BCUT2D eigenvalue weighted by molar-refractivity contribution is 0.180. The summed E-state index contributed by atoms with van der Waals surface area (Å²) in [7, 11) is 3.76. The molecule has 1 aliphatic heterocycles. The van der Waals surface area contributed by atoms with E-state index in [4.69, 9.17) is 10.6 Å². The molecular weight excluding hydrogens is 250 g/mol. The smallest absolute Gasteiger partial charge is 0.149 e. The Labute approximate surface area is 111 Å². The third-order valence-electron chi connectivity index (χ3n) is 2.93. The zero-order chi connectivity index (χ0) is 13.0. The number of aromatic nitrogens is 2. The fourth-order valence-electron chi connectivity index (χ4n) is 1.92. The summed E-state index contributed by atoms with van der Waals surface area (Å²) in [6.45, 7) is 1.52. The molecule has 1 fully saturated rings. The van der Waals surface area contributed by atoms with Gasteiger partial charge >= 0.3 is 0 Å². The number of ether oxygens (including phenoxy) is 1. The molecule has 3 N–H and O–H groups in total. The lowest BCUT2D eigenvalue weighted by Crippen LogP contribution is -2.34. The predicted molar refractivity (Wildman–Crippen MR) is 73.3 cm³/mol. The van der Waals surface area contributed by atoms with Gasteiger partial charge in [-0.05, 0) is 7.05 Å². The lowest BCUT2D eigenvalue weighted by Gasteiger charge is -2.31. The van der Waals surface area contributed by atoms with E-state index in [1.54, 1.807) is 7.11 Å². The highest BCUT2D eigenvalue weighted by atomic mass is 32.2. The number of nitrogens with zero attached hydrogens (tertiary/aromatic N) is 3. The highest BCUT2D eigenvalue weighted by Crippen LogP contribution is 2.26. The zero-order valence-corrected chi connectivity index (χ0v) is 11.5. The summed E-state index contributed by atoms with van der Waals surface area (Å²) >= 11 is 1.93. The second kappa shape index (κ2) is 6.33. The Hall–Kier alpha value is -0.890. The molecule has 0 aliphatic carbocycles. The first kappa shape index (κ1) is 13.5. The van der Waals surface area contributed by atoms with E-state index in [1.807, 2.05) is 17.8 Å². The maximum Gasteiger partial charge on any atom is 0.149 e. The maximum atomic E-state index is 5.45. The second-order valence-corrected chi connectivity index (χ2v) is 5.40. The van der Waals surface area contributed by atoms with Gasteiger partial charge in [0.25, 0.3) is 0 Å². The summed E-state index contributed by atoms with van der Waals surface area (Å²) in [6.07, 6.45) is 0. The summed E-state index contributed by atoms with van der Waals surface area (Å²) in [6, 6.07) is 2.05. The van der Waals surface area contributed by atoms with Crippen molar-refractivity contribution in [3.05, 3.63) is 17.6 Å². The second-order valence-electron chi connectivity index (χ2n) is 4.25. The van der Waals surface area contributed by atoms with Gasteiger partial charge in [0.15, 0.2) is 0 Å². The molecule has 1 aromatic heterocycles. The number of anilines is 1. The van der Waals surface area contributed by atoms with Crippen LogP contribution in [0.25, 0.3) is 0 Å². The van der Waals surface area contributed by atoms with Crippen molar-refractivity contribution in [2.45, 2.75) is 12.6 Å². The van der Waals surface area contributed by atoms with Crippen LogP contribution in [0.1, 0.15) is 17.6 Å². The van der Waals surface area contributed by atoms with Crippen molar-refractivity contribution in [1.29, 1.82) is 0 Å². The van der Waals surface area contributed by atoms with Crippen LogP contribution in [-0.4, -0.2) is 47.1 Å². The Morgan fingerprint density at radius 1 is 1.61 bits per heavy atom. The summed E-state index contributed by atoms with van der Waals surface area (Å²) < 4.78 is 5.12. The van der Waals surface area contributed by atoms with Gasteiger partial charge in [-0.3, -0.25) is 4.90 Å². The highest BCUT2D eigenvalue weighted by Gasteiger charge is 2.24. The molecule has 7 heteroatoms. The van der Waals surface area contributed by atoms with E-state index < -0.39 is 0 Å². The minimum Gasteiger partial charge on any atom is -0.378 e. The number of hydrogen-bond donors (Lipinski definition) is 2. The molecule has 0 bridgehead atoms. The van der Waals surface area contributed by atoms with Gasteiger partial charge < -0.3 is 10.2 Å². The number of thioether (sulfide) groups is 1. The van der Waals surface area contributed by atoms with Gasteiger partial charge in [-0.1, -0.05) is 0 Å². The number of rotatable bonds is 4. The molecule has 0 saturated carbocycles. The molecule has 1 saturated heterocycles. The van der Waals surface area contributed by atoms with Crippen LogP contribution < -0.4 is 11.3 Å². The molecule has 0 aromatic carbocycles. The number of nitrogen functional groups attached to an aromatic ring is 1. The van der Waals surface area contributed by atoms with E-state index >= 15 is 0 Å².